The van der Waals surface area contributed by atoms with Crippen LogP contribution in [0.25, 0.3) is 6.08 Å². The van der Waals surface area contributed by atoms with Gasteiger partial charge in [-0.05, 0) is 86.9 Å². The standard InChI is InChI=1S/C27H29F3O5.CH4.ClH/c1-16(2)35-24-8-5-19(12-23(24)27(28,29)30)14-33-22-7-6-20-11-18(15-34-25(20)13-22)4-3-17-9-21(10-17)26(31)32;;/h5-8,11-13,16-17,21H,3-4,9-10,14-15H2,1-2H3,(H,31,32);1H4;1H. The number of carboxylic acids is 1. The topological polar surface area (TPSA) is 65.0 Å². The maximum absolute atomic E-state index is 13.5. The Kier molecular flexibility index (Phi) is 10.3. The molecule has 1 aliphatic carbocycles. The van der Waals surface area contributed by atoms with E-state index in [0.29, 0.717) is 29.6 Å². The third-order valence-corrected chi connectivity index (χ3v) is 6.33. The summed E-state index contributed by atoms with van der Waals surface area (Å²) in [6.07, 6.45) is 0.505. The van der Waals surface area contributed by atoms with Gasteiger partial charge in [0.05, 0.1) is 17.6 Å². The average molecular weight is 543 g/mol. The Morgan fingerprint density at radius 3 is 2.54 bits per heavy atom. The predicted molar refractivity (Wildman–Crippen MR) is 139 cm³/mol. The number of hydrogen-bond donors (Lipinski definition) is 1. The summed E-state index contributed by atoms with van der Waals surface area (Å²) < 4.78 is 57.3. The lowest BCUT2D eigenvalue weighted by Crippen LogP contribution is -2.30. The second-order valence-corrected chi connectivity index (χ2v) is 9.49. The van der Waals surface area contributed by atoms with E-state index in [1.54, 1.807) is 32.0 Å². The van der Waals surface area contributed by atoms with E-state index in [1.807, 2.05) is 6.07 Å². The van der Waals surface area contributed by atoms with E-state index in [2.05, 4.69) is 6.08 Å². The van der Waals surface area contributed by atoms with Crippen LogP contribution < -0.4 is 14.2 Å². The first kappa shape index (κ1) is 30.4. The first-order chi connectivity index (χ1) is 16.6. The summed E-state index contributed by atoms with van der Waals surface area (Å²) in [4.78, 5) is 10.9. The van der Waals surface area contributed by atoms with Gasteiger partial charge in [-0.2, -0.15) is 13.2 Å². The number of carboxylic acid groups (broad SMARTS) is 1. The minimum absolute atomic E-state index is 0. The summed E-state index contributed by atoms with van der Waals surface area (Å²) in [6.45, 7) is 3.79. The van der Waals surface area contributed by atoms with Crippen molar-refractivity contribution in [3.05, 3.63) is 58.7 Å². The Morgan fingerprint density at radius 2 is 1.89 bits per heavy atom. The number of halogens is 4. The molecule has 5 nitrogen and oxygen atoms in total. The molecular formula is C28H34ClF3O5. The Balaban J connectivity index is 0.00000241. The van der Waals surface area contributed by atoms with Gasteiger partial charge < -0.3 is 19.3 Å². The summed E-state index contributed by atoms with van der Waals surface area (Å²) in [5.74, 6) is 0.537. The van der Waals surface area contributed by atoms with Crippen LogP contribution in [0.4, 0.5) is 13.2 Å². The van der Waals surface area contributed by atoms with E-state index in [-0.39, 0.29) is 44.2 Å². The van der Waals surface area contributed by atoms with Crippen LogP contribution in [0.5, 0.6) is 17.2 Å². The molecule has 37 heavy (non-hydrogen) atoms. The lowest BCUT2D eigenvalue weighted by Gasteiger charge is -2.32. The number of ether oxygens (including phenoxy) is 3. The zero-order valence-electron chi connectivity index (χ0n) is 20.1. The van der Waals surface area contributed by atoms with Gasteiger partial charge in [-0.3, -0.25) is 4.79 Å². The van der Waals surface area contributed by atoms with Crippen molar-refractivity contribution < 1.29 is 37.3 Å². The molecule has 1 aliphatic heterocycles. The van der Waals surface area contributed by atoms with Crippen LogP contribution >= 0.6 is 12.4 Å². The minimum atomic E-state index is -4.53. The molecule has 1 fully saturated rings. The molecule has 1 heterocycles. The van der Waals surface area contributed by atoms with E-state index in [0.717, 1.165) is 42.9 Å². The fourth-order valence-electron chi connectivity index (χ4n) is 4.40. The lowest BCUT2D eigenvalue weighted by atomic mass is 9.72. The minimum Gasteiger partial charge on any atom is -0.490 e. The number of hydrogen-bond acceptors (Lipinski definition) is 4. The van der Waals surface area contributed by atoms with Gasteiger partial charge in [-0.25, -0.2) is 0 Å². The smallest absolute Gasteiger partial charge is 0.419 e. The highest BCUT2D eigenvalue weighted by atomic mass is 35.5. The van der Waals surface area contributed by atoms with E-state index >= 15 is 0 Å². The molecule has 0 radical (unpaired) electrons. The van der Waals surface area contributed by atoms with Gasteiger partial charge >= 0.3 is 12.1 Å². The van der Waals surface area contributed by atoms with Crippen LogP contribution in [0.3, 0.4) is 0 Å². The van der Waals surface area contributed by atoms with Gasteiger partial charge in [0.1, 0.15) is 30.5 Å². The largest absolute Gasteiger partial charge is 0.490 e. The third kappa shape index (κ3) is 7.81. The summed E-state index contributed by atoms with van der Waals surface area (Å²) in [6, 6.07) is 9.34. The summed E-state index contributed by atoms with van der Waals surface area (Å²) in [5, 5.41) is 8.99. The van der Waals surface area contributed by atoms with Crippen LogP contribution in [0, 0.1) is 11.8 Å². The van der Waals surface area contributed by atoms with Crippen molar-refractivity contribution in [3.8, 4) is 17.2 Å². The predicted octanol–water partition coefficient (Wildman–Crippen LogP) is 7.80. The first-order valence-corrected chi connectivity index (χ1v) is 11.8. The van der Waals surface area contributed by atoms with Crippen molar-refractivity contribution in [1.29, 1.82) is 0 Å². The zero-order chi connectivity index (χ0) is 25.2. The summed E-state index contributed by atoms with van der Waals surface area (Å²) >= 11 is 0. The van der Waals surface area contributed by atoms with Crippen LogP contribution in [-0.4, -0.2) is 23.8 Å². The molecule has 0 spiro atoms. The van der Waals surface area contributed by atoms with Crippen molar-refractivity contribution in [2.45, 2.75) is 65.8 Å². The molecule has 0 amide bonds. The Morgan fingerprint density at radius 1 is 1.16 bits per heavy atom. The Hall–Kier alpha value is -2.87. The molecule has 9 heteroatoms. The second-order valence-electron chi connectivity index (χ2n) is 9.49. The van der Waals surface area contributed by atoms with E-state index in [9.17, 15) is 18.0 Å². The molecule has 204 valence electrons. The van der Waals surface area contributed by atoms with Gasteiger partial charge in [-0.1, -0.05) is 13.5 Å². The average Bonchev–Trinajstić information content (AvgIpc) is 2.75. The molecule has 0 atom stereocenters. The summed E-state index contributed by atoms with van der Waals surface area (Å²) in [7, 11) is 0. The molecule has 2 aromatic carbocycles. The molecule has 0 aromatic heterocycles. The Bertz CT molecular complexity index is 1110. The summed E-state index contributed by atoms with van der Waals surface area (Å²) in [5.41, 5.74) is 1.65. The van der Waals surface area contributed by atoms with E-state index in [1.165, 1.54) is 6.07 Å². The van der Waals surface area contributed by atoms with Gasteiger partial charge in [0, 0.05) is 11.6 Å². The molecular weight excluding hydrogens is 509 g/mol. The number of fused-ring (bicyclic) bond motifs is 1. The van der Waals surface area contributed by atoms with Crippen molar-refractivity contribution >= 4 is 24.5 Å². The molecule has 1 N–H and O–H groups in total. The fourth-order valence-corrected chi connectivity index (χ4v) is 4.40. The lowest BCUT2D eigenvalue weighted by molar-refractivity contribution is -0.146. The third-order valence-electron chi connectivity index (χ3n) is 6.33. The number of alkyl halides is 3. The normalized spacial score (nSPS) is 18.3. The molecule has 0 saturated heterocycles. The SMILES string of the molecule is C.CC(C)Oc1ccc(COc2ccc3c(c2)OCC(CCC2CC(C(=O)O)C2)=C3)cc1C(F)(F)F.Cl. The number of carbonyl (C=O) groups is 1. The zero-order valence-corrected chi connectivity index (χ0v) is 21.0. The fraction of sp³-hybridized carbons (Fsp3) is 0.464. The quantitative estimate of drug-likeness (QED) is 0.350. The molecule has 2 aromatic rings. The number of rotatable bonds is 9. The maximum atomic E-state index is 13.5. The van der Waals surface area contributed by atoms with E-state index < -0.39 is 17.7 Å². The molecule has 1 saturated carbocycles. The van der Waals surface area contributed by atoms with Crippen LogP contribution in [-0.2, 0) is 17.6 Å². The first-order valence-electron chi connectivity index (χ1n) is 11.8. The van der Waals surface area contributed by atoms with Gasteiger partial charge in [0.15, 0.2) is 0 Å². The van der Waals surface area contributed by atoms with Crippen molar-refractivity contribution in [3.63, 3.8) is 0 Å². The highest BCUT2D eigenvalue weighted by Crippen LogP contribution is 2.40. The van der Waals surface area contributed by atoms with Gasteiger partial charge in [-0.15, -0.1) is 12.4 Å². The van der Waals surface area contributed by atoms with Gasteiger partial charge in [0.2, 0.25) is 0 Å². The molecule has 0 unspecified atom stereocenters. The highest BCUT2D eigenvalue weighted by molar-refractivity contribution is 5.85. The monoisotopic (exact) mass is 542 g/mol. The Labute approximate surface area is 222 Å². The van der Waals surface area contributed by atoms with E-state index in [4.69, 9.17) is 19.3 Å². The highest BCUT2D eigenvalue weighted by Gasteiger charge is 2.35. The second kappa shape index (κ2) is 12.6. The molecule has 4 rings (SSSR count). The number of aliphatic carboxylic acids is 1. The molecule has 2 aliphatic rings. The number of benzene rings is 2. The van der Waals surface area contributed by atoms with Crippen LogP contribution in [0.2, 0.25) is 0 Å². The van der Waals surface area contributed by atoms with Crippen molar-refractivity contribution in [2.75, 3.05) is 6.61 Å². The van der Waals surface area contributed by atoms with Crippen molar-refractivity contribution in [2.24, 2.45) is 11.8 Å². The molecule has 0 bridgehead atoms. The van der Waals surface area contributed by atoms with Crippen LogP contribution in [0.1, 0.15) is 63.6 Å². The van der Waals surface area contributed by atoms with Crippen molar-refractivity contribution in [1.82, 2.24) is 0 Å². The van der Waals surface area contributed by atoms with Crippen LogP contribution in [0.15, 0.2) is 42.0 Å². The van der Waals surface area contributed by atoms with Gasteiger partial charge in [0.25, 0.3) is 0 Å². The maximum Gasteiger partial charge on any atom is 0.419 e.